The van der Waals surface area contributed by atoms with Gasteiger partial charge in [0.1, 0.15) is 10.9 Å². The Kier molecular flexibility index (Phi) is 5.05. The highest BCUT2D eigenvalue weighted by molar-refractivity contribution is 7.10. The van der Waals surface area contributed by atoms with Gasteiger partial charge >= 0.3 is 0 Å². The van der Waals surface area contributed by atoms with Gasteiger partial charge in [0.2, 0.25) is 0 Å². The second-order valence-electron chi connectivity index (χ2n) is 4.94. The molecular formula is C15H17N3S2. The van der Waals surface area contributed by atoms with Crippen molar-refractivity contribution in [2.45, 2.75) is 32.7 Å². The molecule has 0 unspecified atom stereocenters. The summed E-state index contributed by atoms with van der Waals surface area (Å²) in [5, 5.41) is 14.1. The molecule has 104 valence electrons. The van der Waals surface area contributed by atoms with Gasteiger partial charge in [0.25, 0.3) is 0 Å². The predicted octanol–water partition coefficient (Wildman–Crippen LogP) is 4.59. The lowest BCUT2D eigenvalue weighted by Crippen LogP contribution is -2.05. The average Bonchev–Trinajstić information content (AvgIpc) is 3.06. The number of aromatic nitrogens is 1. The van der Waals surface area contributed by atoms with Gasteiger partial charge in [-0.3, -0.25) is 4.99 Å². The van der Waals surface area contributed by atoms with Gasteiger partial charge < -0.3 is 0 Å². The maximum Gasteiger partial charge on any atom is 0.133 e. The number of rotatable bonds is 5. The van der Waals surface area contributed by atoms with Crippen molar-refractivity contribution >= 4 is 28.9 Å². The Balaban J connectivity index is 2.19. The number of aryl methyl sites for hydroxylation is 1. The van der Waals surface area contributed by atoms with Crippen LogP contribution < -0.4 is 0 Å². The minimum Gasteiger partial charge on any atom is -0.286 e. The average molecular weight is 303 g/mol. The molecule has 0 saturated carbocycles. The highest BCUT2D eigenvalue weighted by Gasteiger charge is 2.17. The summed E-state index contributed by atoms with van der Waals surface area (Å²) in [5.74, 6) is 0.0530. The molecule has 0 saturated heterocycles. The third-order valence-corrected chi connectivity index (χ3v) is 4.89. The first-order chi connectivity index (χ1) is 9.61. The molecule has 0 aliphatic rings. The third kappa shape index (κ3) is 3.53. The van der Waals surface area contributed by atoms with Gasteiger partial charge in [0.15, 0.2) is 0 Å². The van der Waals surface area contributed by atoms with Crippen LogP contribution in [-0.4, -0.2) is 11.2 Å². The normalized spacial score (nSPS) is 14.6. The van der Waals surface area contributed by atoms with E-state index in [2.05, 4.69) is 41.3 Å². The fourth-order valence-electron chi connectivity index (χ4n) is 1.88. The molecule has 3 nitrogen and oxygen atoms in total. The van der Waals surface area contributed by atoms with Crippen molar-refractivity contribution in [3.05, 3.63) is 38.5 Å². The Morgan fingerprint density at radius 1 is 1.40 bits per heavy atom. The first-order valence-electron chi connectivity index (χ1n) is 6.50. The molecule has 0 N–H and O–H groups in total. The SMILES string of the molecule is Cc1csc([C@@H](C#N)C=N[C@H](c2cccs2)C(C)C)n1. The number of hydrogen-bond acceptors (Lipinski definition) is 5. The van der Waals surface area contributed by atoms with Crippen LogP contribution in [0.25, 0.3) is 0 Å². The fourth-order valence-corrected chi connectivity index (χ4v) is 3.62. The largest absolute Gasteiger partial charge is 0.286 e. The third-order valence-electron chi connectivity index (χ3n) is 2.90. The van der Waals surface area contributed by atoms with Crippen LogP contribution in [0.5, 0.6) is 0 Å². The van der Waals surface area contributed by atoms with Crippen LogP contribution in [0.1, 0.15) is 41.4 Å². The van der Waals surface area contributed by atoms with E-state index in [1.807, 2.05) is 18.4 Å². The molecule has 0 fully saturated rings. The van der Waals surface area contributed by atoms with E-state index >= 15 is 0 Å². The van der Waals surface area contributed by atoms with E-state index in [1.54, 1.807) is 17.6 Å². The number of thiophene rings is 1. The monoisotopic (exact) mass is 303 g/mol. The fraction of sp³-hybridized carbons (Fsp3) is 0.400. The number of nitriles is 1. The quantitative estimate of drug-likeness (QED) is 0.759. The predicted molar refractivity (Wildman–Crippen MR) is 85.6 cm³/mol. The lowest BCUT2D eigenvalue weighted by atomic mass is 10.0. The van der Waals surface area contributed by atoms with E-state index in [1.165, 1.54) is 16.2 Å². The zero-order chi connectivity index (χ0) is 14.5. The van der Waals surface area contributed by atoms with Crippen LogP contribution in [0.4, 0.5) is 0 Å². The van der Waals surface area contributed by atoms with E-state index in [0.717, 1.165) is 10.7 Å². The summed E-state index contributed by atoms with van der Waals surface area (Å²) in [7, 11) is 0. The minimum atomic E-state index is -0.352. The van der Waals surface area contributed by atoms with Crippen LogP contribution in [-0.2, 0) is 0 Å². The van der Waals surface area contributed by atoms with E-state index in [4.69, 9.17) is 0 Å². The van der Waals surface area contributed by atoms with Gasteiger partial charge in [-0.05, 0) is 24.3 Å². The Morgan fingerprint density at radius 2 is 2.20 bits per heavy atom. The molecule has 2 aromatic heterocycles. The van der Waals surface area contributed by atoms with Crippen LogP contribution in [0.15, 0.2) is 27.9 Å². The van der Waals surface area contributed by atoms with E-state index < -0.39 is 0 Å². The van der Waals surface area contributed by atoms with Crippen LogP contribution >= 0.6 is 22.7 Å². The van der Waals surface area contributed by atoms with E-state index in [9.17, 15) is 5.26 Å². The molecule has 0 radical (unpaired) electrons. The molecule has 2 heterocycles. The smallest absolute Gasteiger partial charge is 0.133 e. The zero-order valence-corrected chi connectivity index (χ0v) is 13.4. The Morgan fingerprint density at radius 3 is 2.70 bits per heavy atom. The standard InChI is InChI=1S/C15H17N3S2/c1-10(2)14(13-5-4-6-19-13)17-8-12(7-16)15-18-11(3)9-20-15/h4-6,8-10,12,14H,1-3H3/t12-,14-/m0/s1. The topological polar surface area (TPSA) is 49.0 Å². The van der Waals surface area contributed by atoms with Crippen LogP contribution in [0.2, 0.25) is 0 Å². The first-order valence-corrected chi connectivity index (χ1v) is 8.26. The van der Waals surface area contributed by atoms with Crippen molar-refractivity contribution in [2.75, 3.05) is 0 Å². The minimum absolute atomic E-state index is 0.118. The first kappa shape index (κ1) is 14.9. The molecule has 2 rings (SSSR count). The Bertz CT molecular complexity index is 605. The Labute approximate surface area is 127 Å². The molecule has 2 aromatic rings. The summed E-state index contributed by atoms with van der Waals surface area (Å²) in [6, 6.07) is 6.53. The number of nitrogens with zero attached hydrogens (tertiary/aromatic N) is 3. The van der Waals surface area contributed by atoms with E-state index in [0.29, 0.717) is 5.92 Å². The molecule has 0 spiro atoms. The second-order valence-corrected chi connectivity index (χ2v) is 6.81. The molecule has 0 bridgehead atoms. The zero-order valence-electron chi connectivity index (χ0n) is 11.8. The number of aliphatic imine (C=N–C) groups is 1. The molecule has 0 aliphatic carbocycles. The van der Waals surface area contributed by atoms with Crippen molar-refractivity contribution in [3.8, 4) is 6.07 Å². The van der Waals surface area contributed by atoms with Gasteiger partial charge in [-0.25, -0.2) is 4.98 Å². The van der Waals surface area contributed by atoms with Crippen molar-refractivity contribution in [1.82, 2.24) is 4.98 Å². The molecule has 2 atom stereocenters. The number of hydrogen-bond donors (Lipinski definition) is 0. The van der Waals surface area contributed by atoms with Gasteiger partial charge in [-0.1, -0.05) is 19.9 Å². The van der Waals surface area contributed by atoms with Crippen molar-refractivity contribution in [1.29, 1.82) is 5.26 Å². The number of thiazole rings is 1. The van der Waals surface area contributed by atoms with Gasteiger partial charge in [-0.15, -0.1) is 22.7 Å². The van der Waals surface area contributed by atoms with Gasteiger partial charge in [0.05, 0.1) is 12.1 Å². The summed E-state index contributed by atoms with van der Waals surface area (Å²) in [6.45, 7) is 6.24. The summed E-state index contributed by atoms with van der Waals surface area (Å²) in [6.07, 6.45) is 1.75. The van der Waals surface area contributed by atoms with Crippen molar-refractivity contribution in [3.63, 3.8) is 0 Å². The molecule has 5 heteroatoms. The van der Waals surface area contributed by atoms with Gasteiger partial charge in [0, 0.05) is 22.2 Å². The lowest BCUT2D eigenvalue weighted by molar-refractivity contribution is 0.524. The maximum absolute atomic E-state index is 9.30. The molecule has 0 aliphatic heterocycles. The van der Waals surface area contributed by atoms with Crippen molar-refractivity contribution < 1.29 is 0 Å². The van der Waals surface area contributed by atoms with Crippen LogP contribution in [0, 0.1) is 24.2 Å². The maximum atomic E-state index is 9.30. The molecule has 0 aromatic carbocycles. The molecule has 0 amide bonds. The molecule has 20 heavy (non-hydrogen) atoms. The lowest BCUT2D eigenvalue weighted by Gasteiger charge is -2.14. The second kappa shape index (κ2) is 6.78. The van der Waals surface area contributed by atoms with E-state index in [-0.39, 0.29) is 12.0 Å². The highest BCUT2D eigenvalue weighted by Crippen LogP contribution is 2.30. The summed E-state index contributed by atoms with van der Waals surface area (Å²) in [4.78, 5) is 10.3. The summed E-state index contributed by atoms with van der Waals surface area (Å²) in [5.41, 5.74) is 0.956. The van der Waals surface area contributed by atoms with Crippen molar-refractivity contribution in [2.24, 2.45) is 10.9 Å². The Hall–Kier alpha value is -1.51. The molecular weight excluding hydrogens is 286 g/mol. The van der Waals surface area contributed by atoms with Crippen LogP contribution in [0.3, 0.4) is 0 Å². The highest BCUT2D eigenvalue weighted by atomic mass is 32.1. The summed E-state index contributed by atoms with van der Waals surface area (Å²) < 4.78 is 0. The van der Waals surface area contributed by atoms with Gasteiger partial charge in [-0.2, -0.15) is 5.26 Å². The summed E-state index contributed by atoms with van der Waals surface area (Å²) >= 11 is 3.23.